The SMILES string of the molecule is CSCCCCCNc1nnc(CNC(C)(C)C)o1. The Labute approximate surface area is 120 Å². The van der Waals surface area contributed by atoms with Crippen LogP contribution < -0.4 is 10.6 Å². The van der Waals surface area contributed by atoms with E-state index in [9.17, 15) is 0 Å². The molecule has 1 heterocycles. The van der Waals surface area contributed by atoms with E-state index >= 15 is 0 Å². The summed E-state index contributed by atoms with van der Waals surface area (Å²) in [7, 11) is 0. The van der Waals surface area contributed by atoms with Crippen molar-refractivity contribution in [3.63, 3.8) is 0 Å². The molecule has 0 aliphatic carbocycles. The van der Waals surface area contributed by atoms with Gasteiger partial charge in [-0.25, -0.2) is 0 Å². The molecule has 2 N–H and O–H groups in total. The van der Waals surface area contributed by atoms with Gasteiger partial charge in [-0.3, -0.25) is 0 Å². The van der Waals surface area contributed by atoms with Gasteiger partial charge < -0.3 is 15.1 Å². The summed E-state index contributed by atoms with van der Waals surface area (Å²) in [6.45, 7) is 7.82. The normalized spacial score (nSPS) is 11.8. The van der Waals surface area contributed by atoms with Crippen molar-refractivity contribution >= 4 is 17.8 Å². The summed E-state index contributed by atoms with van der Waals surface area (Å²) < 4.78 is 5.51. The van der Waals surface area contributed by atoms with Crippen molar-refractivity contribution in [1.29, 1.82) is 0 Å². The number of aromatic nitrogens is 2. The highest BCUT2D eigenvalue weighted by Crippen LogP contribution is 2.08. The monoisotopic (exact) mass is 286 g/mol. The second-order valence-corrected chi connectivity index (χ2v) is 6.57. The molecule has 0 amide bonds. The number of nitrogens with one attached hydrogen (secondary N) is 2. The Morgan fingerprint density at radius 2 is 1.95 bits per heavy atom. The Bertz CT molecular complexity index is 349. The number of unbranched alkanes of at least 4 members (excludes halogenated alkanes) is 2. The number of anilines is 1. The average molecular weight is 286 g/mol. The zero-order valence-electron chi connectivity index (χ0n) is 12.5. The molecule has 0 atom stereocenters. The van der Waals surface area contributed by atoms with Gasteiger partial charge in [0.2, 0.25) is 5.89 Å². The Kier molecular flexibility index (Phi) is 7.23. The van der Waals surface area contributed by atoms with Gasteiger partial charge in [-0.1, -0.05) is 11.5 Å². The van der Waals surface area contributed by atoms with E-state index < -0.39 is 0 Å². The zero-order valence-corrected chi connectivity index (χ0v) is 13.3. The van der Waals surface area contributed by atoms with Gasteiger partial charge in [0.15, 0.2) is 0 Å². The maximum Gasteiger partial charge on any atom is 0.315 e. The van der Waals surface area contributed by atoms with Crippen molar-refractivity contribution in [2.75, 3.05) is 23.9 Å². The molecule has 0 fully saturated rings. The minimum Gasteiger partial charge on any atom is -0.407 e. The second kappa shape index (κ2) is 8.43. The largest absolute Gasteiger partial charge is 0.407 e. The van der Waals surface area contributed by atoms with Crippen LogP contribution in [0.4, 0.5) is 6.01 Å². The summed E-state index contributed by atoms with van der Waals surface area (Å²) in [5.74, 6) is 1.86. The van der Waals surface area contributed by atoms with Crippen LogP contribution in [0.25, 0.3) is 0 Å². The van der Waals surface area contributed by atoms with Gasteiger partial charge >= 0.3 is 6.01 Å². The van der Waals surface area contributed by atoms with Crippen LogP contribution >= 0.6 is 11.8 Å². The van der Waals surface area contributed by atoms with Crippen LogP contribution in [0.15, 0.2) is 4.42 Å². The summed E-state index contributed by atoms with van der Waals surface area (Å²) >= 11 is 1.90. The van der Waals surface area contributed by atoms with E-state index in [1.165, 1.54) is 18.6 Å². The molecule has 0 radical (unpaired) electrons. The molecule has 0 saturated carbocycles. The average Bonchev–Trinajstić information content (AvgIpc) is 2.78. The molecular formula is C13H26N4OS. The quantitative estimate of drug-likeness (QED) is 0.681. The van der Waals surface area contributed by atoms with Gasteiger partial charge in [-0.05, 0) is 45.6 Å². The minimum absolute atomic E-state index is 0.0549. The first-order valence-corrected chi connectivity index (χ1v) is 8.21. The lowest BCUT2D eigenvalue weighted by atomic mass is 10.1. The van der Waals surface area contributed by atoms with Crippen molar-refractivity contribution in [2.45, 2.75) is 52.1 Å². The second-order valence-electron chi connectivity index (χ2n) is 5.58. The summed E-state index contributed by atoms with van der Waals surface area (Å²) in [6.07, 6.45) is 5.79. The third kappa shape index (κ3) is 8.10. The highest BCUT2D eigenvalue weighted by molar-refractivity contribution is 7.98. The van der Waals surface area contributed by atoms with Crippen molar-refractivity contribution in [1.82, 2.24) is 15.5 Å². The molecule has 0 unspecified atom stereocenters. The van der Waals surface area contributed by atoms with E-state index in [-0.39, 0.29) is 5.54 Å². The van der Waals surface area contributed by atoms with Gasteiger partial charge in [0.1, 0.15) is 0 Å². The molecular weight excluding hydrogens is 260 g/mol. The molecule has 0 spiro atoms. The lowest BCUT2D eigenvalue weighted by Gasteiger charge is -2.18. The molecule has 6 heteroatoms. The van der Waals surface area contributed by atoms with Crippen LogP contribution in [0.3, 0.4) is 0 Å². The maximum atomic E-state index is 5.51. The van der Waals surface area contributed by atoms with Crippen LogP contribution in [-0.4, -0.2) is 34.3 Å². The molecule has 0 bridgehead atoms. The maximum absolute atomic E-state index is 5.51. The molecule has 1 aromatic rings. The number of hydrogen-bond donors (Lipinski definition) is 2. The molecule has 0 aliphatic rings. The van der Waals surface area contributed by atoms with Crippen LogP contribution in [0.2, 0.25) is 0 Å². The van der Waals surface area contributed by atoms with E-state index in [2.05, 4.69) is 47.9 Å². The van der Waals surface area contributed by atoms with Crippen molar-refractivity contribution in [3.8, 4) is 0 Å². The van der Waals surface area contributed by atoms with E-state index in [1.54, 1.807) is 0 Å². The lowest BCUT2D eigenvalue weighted by molar-refractivity contribution is 0.383. The number of thioether (sulfide) groups is 1. The molecule has 1 aromatic heterocycles. The van der Waals surface area contributed by atoms with E-state index in [4.69, 9.17) is 4.42 Å². The van der Waals surface area contributed by atoms with E-state index in [1.807, 2.05) is 11.8 Å². The smallest absolute Gasteiger partial charge is 0.315 e. The highest BCUT2D eigenvalue weighted by Gasteiger charge is 2.11. The summed E-state index contributed by atoms with van der Waals surface area (Å²) in [5.41, 5.74) is 0.0549. The van der Waals surface area contributed by atoms with E-state index in [0.717, 1.165) is 13.0 Å². The first kappa shape index (κ1) is 16.3. The van der Waals surface area contributed by atoms with Gasteiger partial charge in [0, 0.05) is 12.1 Å². The van der Waals surface area contributed by atoms with Gasteiger partial charge in [-0.2, -0.15) is 11.8 Å². The standard InChI is InChI=1S/C13H26N4OS/c1-13(2,3)15-10-11-16-17-12(18-11)14-8-6-5-7-9-19-4/h15H,5-10H2,1-4H3,(H,14,17). The fourth-order valence-electron chi connectivity index (χ4n) is 1.48. The zero-order chi connectivity index (χ0) is 14.1. The van der Waals surface area contributed by atoms with Crippen LogP contribution in [0.1, 0.15) is 45.9 Å². The number of nitrogens with zero attached hydrogens (tertiary/aromatic N) is 2. The van der Waals surface area contributed by atoms with Gasteiger partial charge in [0.05, 0.1) is 6.54 Å². The summed E-state index contributed by atoms with van der Waals surface area (Å²) in [5, 5.41) is 14.5. The molecule has 110 valence electrons. The molecule has 1 rings (SSSR count). The third-order valence-corrected chi connectivity index (χ3v) is 3.24. The Morgan fingerprint density at radius 1 is 1.16 bits per heavy atom. The van der Waals surface area contributed by atoms with Crippen molar-refractivity contribution in [2.24, 2.45) is 0 Å². The predicted molar refractivity (Wildman–Crippen MR) is 81.6 cm³/mol. The van der Waals surface area contributed by atoms with Crippen LogP contribution in [-0.2, 0) is 6.54 Å². The lowest BCUT2D eigenvalue weighted by Crippen LogP contribution is -2.35. The Morgan fingerprint density at radius 3 is 2.63 bits per heavy atom. The molecule has 19 heavy (non-hydrogen) atoms. The summed E-state index contributed by atoms with van der Waals surface area (Å²) in [6, 6.07) is 0.524. The van der Waals surface area contributed by atoms with Crippen LogP contribution in [0.5, 0.6) is 0 Å². The van der Waals surface area contributed by atoms with E-state index in [0.29, 0.717) is 18.5 Å². The fraction of sp³-hybridized carbons (Fsp3) is 0.846. The van der Waals surface area contributed by atoms with Gasteiger partial charge in [0.25, 0.3) is 0 Å². The fourth-order valence-corrected chi connectivity index (χ4v) is 1.97. The minimum atomic E-state index is 0.0549. The first-order valence-electron chi connectivity index (χ1n) is 6.81. The molecule has 0 aromatic carbocycles. The van der Waals surface area contributed by atoms with Crippen molar-refractivity contribution < 1.29 is 4.42 Å². The first-order chi connectivity index (χ1) is 9.01. The predicted octanol–water partition coefficient (Wildman–Crippen LogP) is 2.90. The van der Waals surface area contributed by atoms with Crippen molar-refractivity contribution in [3.05, 3.63) is 5.89 Å². The third-order valence-electron chi connectivity index (χ3n) is 2.54. The Balaban J connectivity index is 2.16. The molecule has 0 aliphatic heterocycles. The Hall–Kier alpha value is -0.750. The molecule has 5 nitrogen and oxygen atoms in total. The topological polar surface area (TPSA) is 63.0 Å². The van der Waals surface area contributed by atoms with Gasteiger partial charge in [-0.15, -0.1) is 5.10 Å². The number of rotatable bonds is 9. The van der Waals surface area contributed by atoms with Crippen LogP contribution in [0, 0.1) is 0 Å². The highest BCUT2D eigenvalue weighted by atomic mass is 32.2. The summed E-state index contributed by atoms with van der Waals surface area (Å²) in [4.78, 5) is 0. The number of hydrogen-bond acceptors (Lipinski definition) is 6. The molecule has 0 saturated heterocycles.